The second-order valence-electron chi connectivity index (χ2n) is 9.14. The van der Waals surface area contributed by atoms with Crippen molar-refractivity contribution >= 4 is 11.6 Å². The van der Waals surface area contributed by atoms with Crippen LogP contribution in [0.1, 0.15) is 59.1 Å². The van der Waals surface area contributed by atoms with E-state index in [0.717, 1.165) is 16.7 Å². The maximum Gasteiger partial charge on any atom is 0.141 e. The zero-order chi connectivity index (χ0) is 22.4. The van der Waals surface area contributed by atoms with E-state index in [9.17, 15) is 20.4 Å². The molecule has 1 aliphatic carbocycles. The summed E-state index contributed by atoms with van der Waals surface area (Å²) < 4.78 is 11.7. The fourth-order valence-electron chi connectivity index (χ4n) is 5.02. The minimum atomic E-state index is -1.43. The third-order valence-electron chi connectivity index (χ3n) is 7.18. The van der Waals surface area contributed by atoms with Crippen molar-refractivity contribution in [1.29, 1.82) is 0 Å². The van der Waals surface area contributed by atoms with Crippen molar-refractivity contribution in [2.75, 3.05) is 13.2 Å². The first-order chi connectivity index (χ1) is 15.5. The molecule has 6 nitrogen and oxygen atoms in total. The van der Waals surface area contributed by atoms with E-state index in [-0.39, 0.29) is 0 Å². The van der Waals surface area contributed by atoms with E-state index >= 15 is 0 Å². The highest BCUT2D eigenvalue weighted by Gasteiger charge is 2.45. The molecule has 172 valence electrons. The van der Waals surface area contributed by atoms with Crippen LogP contribution in [0.2, 0.25) is 5.02 Å². The van der Waals surface area contributed by atoms with E-state index in [4.69, 9.17) is 21.1 Å². The van der Waals surface area contributed by atoms with E-state index in [2.05, 4.69) is 24.3 Å². The number of aliphatic hydroxyl groups is 4. The minimum absolute atomic E-state index is 0.464. The van der Waals surface area contributed by atoms with Gasteiger partial charge in [0.1, 0.15) is 36.3 Å². The van der Waals surface area contributed by atoms with E-state index in [1.165, 1.54) is 24.8 Å². The Labute approximate surface area is 192 Å². The first-order valence-electron chi connectivity index (χ1n) is 11.3. The van der Waals surface area contributed by atoms with Gasteiger partial charge in [0.05, 0.1) is 18.2 Å². The topological polar surface area (TPSA) is 99.4 Å². The van der Waals surface area contributed by atoms with Crippen molar-refractivity contribution in [3.63, 3.8) is 0 Å². The maximum atomic E-state index is 10.7. The third kappa shape index (κ3) is 3.83. The second-order valence-corrected chi connectivity index (χ2v) is 9.52. The molecule has 1 saturated heterocycles. The molecule has 32 heavy (non-hydrogen) atoms. The van der Waals surface area contributed by atoms with E-state index < -0.39 is 37.1 Å². The van der Waals surface area contributed by atoms with Crippen molar-refractivity contribution in [2.45, 2.75) is 68.5 Å². The Balaban J connectivity index is 1.48. The molecular formula is C25H29ClO6. The molecule has 0 radical (unpaired) electrons. The zero-order valence-corrected chi connectivity index (χ0v) is 18.5. The molecule has 0 spiro atoms. The quantitative estimate of drug-likeness (QED) is 0.547. The number of hydrogen-bond acceptors (Lipinski definition) is 6. The van der Waals surface area contributed by atoms with Gasteiger partial charge < -0.3 is 29.9 Å². The number of halogens is 1. The summed E-state index contributed by atoms with van der Waals surface area (Å²) in [5.41, 5.74) is 4.86. The molecule has 2 heterocycles. The van der Waals surface area contributed by atoms with Crippen LogP contribution >= 0.6 is 11.6 Å². The van der Waals surface area contributed by atoms with Crippen LogP contribution in [0.3, 0.4) is 0 Å². The summed E-state index contributed by atoms with van der Waals surface area (Å²) in [5.74, 6) is 1.26. The molecular weight excluding hydrogens is 432 g/mol. The molecule has 1 saturated carbocycles. The van der Waals surface area contributed by atoms with Crippen LogP contribution in [-0.2, 0) is 17.6 Å². The Kier molecular flexibility index (Phi) is 6.18. The average molecular weight is 461 g/mol. The van der Waals surface area contributed by atoms with Crippen LogP contribution in [0.15, 0.2) is 30.3 Å². The van der Waals surface area contributed by atoms with Crippen LogP contribution in [0.4, 0.5) is 0 Å². The maximum absolute atomic E-state index is 10.7. The van der Waals surface area contributed by atoms with Gasteiger partial charge in [0.25, 0.3) is 0 Å². The highest BCUT2D eigenvalue weighted by Crippen LogP contribution is 2.45. The van der Waals surface area contributed by atoms with Crippen LogP contribution < -0.4 is 4.74 Å². The average Bonchev–Trinajstić information content (AvgIpc) is 3.25. The molecule has 5 rings (SSSR count). The predicted octanol–water partition coefficient (Wildman–Crippen LogP) is 2.65. The summed E-state index contributed by atoms with van der Waals surface area (Å²) in [6, 6.07) is 10.5. The Morgan fingerprint density at radius 1 is 1.00 bits per heavy atom. The lowest BCUT2D eigenvalue weighted by Gasteiger charge is -2.40. The van der Waals surface area contributed by atoms with Gasteiger partial charge in [-0.2, -0.15) is 0 Å². The smallest absolute Gasteiger partial charge is 0.141 e. The van der Waals surface area contributed by atoms with Crippen LogP contribution in [0.25, 0.3) is 0 Å². The number of ether oxygens (including phenoxy) is 2. The SMILES string of the molecule is OC[C@H]1O[C@@H](c2cc(Cc3ccc(C4CCC4)cc3)c(Cl)c3c2CCO3)[C@H](O)[C@@H](O)[C@@H]1O. The Morgan fingerprint density at radius 3 is 2.41 bits per heavy atom. The standard InChI is InChI=1S/C25H29ClO6/c26-20-16(10-13-4-6-15(7-5-13)14-2-1-3-14)11-18(17-8-9-31-24(17)20)25-23(30)22(29)21(28)19(12-27)32-25/h4-7,11,14,19,21-23,25,27-30H,1-3,8-10,12H2/t19-,21-,22+,23-,25+/m1/s1. The van der Waals surface area contributed by atoms with Crippen LogP contribution in [0.5, 0.6) is 5.75 Å². The summed E-state index contributed by atoms with van der Waals surface area (Å²) in [6.07, 6.45) is -1.01. The lowest BCUT2D eigenvalue weighted by molar-refractivity contribution is -0.231. The molecule has 2 fully saturated rings. The summed E-state index contributed by atoms with van der Waals surface area (Å²) in [4.78, 5) is 0. The summed E-state index contributed by atoms with van der Waals surface area (Å²) >= 11 is 6.71. The highest BCUT2D eigenvalue weighted by molar-refractivity contribution is 6.33. The molecule has 2 aliphatic heterocycles. The number of benzene rings is 2. The number of fused-ring (bicyclic) bond motifs is 1. The Morgan fingerprint density at radius 2 is 1.75 bits per heavy atom. The van der Waals surface area contributed by atoms with Gasteiger partial charge in [-0.25, -0.2) is 0 Å². The summed E-state index contributed by atoms with van der Waals surface area (Å²) in [5, 5.41) is 41.2. The number of aliphatic hydroxyl groups excluding tert-OH is 4. The van der Waals surface area contributed by atoms with Crippen molar-refractivity contribution in [3.05, 3.63) is 63.2 Å². The van der Waals surface area contributed by atoms with E-state index in [1.807, 2.05) is 6.07 Å². The van der Waals surface area contributed by atoms with Gasteiger partial charge in [-0.15, -0.1) is 0 Å². The monoisotopic (exact) mass is 460 g/mol. The fourth-order valence-corrected chi connectivity index (χ4v) is 5.31. The molecule has 2 aromatic rings. The molecule has 0 unspecified atom stereocenters. The molecule has 0 amide bonds. The fraction of sp³-hybridized carbons (Fsp3) is 0.520. The summed E-state index contributed by atoms with van der Waals surface area (Å²) in [6.45, 7) is 0.00689. The first kappa shape index (κ1) is 22.1. The molecule has 0 aromatic heterocycles. The van der Waals surface area contributed by atoms with Crippen molar-refractivity contribution < 1.29 is 29.9 Å². The summed E-state index contributed by atoms with van der Waals surface area (Å²) in [7, 11) is 0. The molecule has 2 aromatic carbocycles. The predicted molar refractivity (Wildman–Crippen MR) is 119 cm³/mol. The van der Waals surface area contributed by atoms with Gasteiger partial charge >= 0.3 is 0 Å². The lowest BCUT2D eigenvalue weighted by Crippen LogP contribution is -2.55. The number of rotatable bonds is 5. The zero-order valence-electron chi connectivity index (χ0n) is 17.8. The molecule has 7 heteroatoms. The van der Waals surface area contributed by atoms with Gasteiger partial charge in [0, 0.05) is 12.0 Å². The molecule has 5 atom stereocenters. The number of hydrogen-bond donors (Lipinski definition) is 4. The first-order valence-corrected chi connectivity index (χ1v) is 11.7. The molecule has 0 bridgehead atoms. The van der Waals surface area contributed by atoms with Crippen molar-refractivity contribution in [3.8, 4) is 5.75 Å². The van der Waals surface area contributed by atoms with Gasteiger partial charge in [0.2, 0.25) is 0 Å². The van der Waals surface area contributed by atoms with Gasteiger partial charge in [0.15, 0.2) is 0 Å². The van der Waals surface area contributed by atoms with Gasteiger partial charge in [-0.05, 0) is 47.4 Å². The van der Waals surface area contributed by atoms with Crippen LogP contribution in [0, 0.1) is 0 Å². The molecule has 4 N–H and O–H groups in total. The van der Waals surface area contributed by atoms with E-state index in [1.54, 1.807) is 0 Å². The second kappa shape index (κ2) is 8.93. The normalized spacial score (nSPS) is 30.0. The lowest BCUT2D eigenvalue weighted by atomic mass is 9.80. The van der Waals surface area contributed by atoms with Crippen LogP contribution in [-0.4, -0.2) is 58.1 Å². The Hall–Kier alpha value is -1.67. The largest absolute Gasteiger partial charge is 0.491 e. The minimum Gasteiger partial charge on any atom is -0.491 e. The van der Waals surface area contributed by atoms with Crippen molar-refractivity contribution in [1.82, 2.24) is 0 Å². The third-order valence-corrected chi connectivity index (χ3v) is 7.60. The van der Waals surface area contributed by atoms with E-state index in [0.29, 0.717) is 41.7 Å². The van der Waals surface area contributed by atoms with Gasteiger partial charge in [-0.3, -0.25) is 0 Å². The Bertz CT molecular complexity index is 971. The molecule has 3 aliphatic rings. The van der Waals surface area contributed by atoms with Crippen molar-refractivity contribution in [2.24, 2.45) is 0 Å². The highest BCUT2D eigenvalue weighted by atomic mass is 35.5. The van der Waals surface area contributed by atoms with Gasteiger partial charge in [-0.1, -0.05) is 48.4 Å².